The maximum atomic E-state index is 6.49. The third kappa shape index (κ3) is 5.11. The molecule has 0 saturated carbocycles. The van der Waals surface area contributed by atoms with E-state index in [1.807, 2.05) is 24.3 Å². The van der Waals surface area contributed by atoms with Crippen molar-refractivity contribution in [2.75, 3.05) is 0 Å². The maximum absolute atomic E-state index is 6.49. The van der Waals surface area contributed by atoms with Gasteiger partial charge in [0.25, 0.3) is 0 Å². The van der Waals surface area contributed by atoms with Crippen molar-refractivity contribution in [1.82, 2.24) is 9.13 Å². The zero-order valence-corrected chi connectivity index (χ0v) is 34.5. The fourth-order valence-corrected chi connectivity index (χ4v) is 10.5. The van der Waals surface area contributed by atoms with E-state index in [2.05, 4.69) is 203 Å². The summed E-state index contributed by atoms with van der Waals surface area (Å²) in [5, 5.41) is 9.32. The Kier molecular flexibility index (Phi) is 7.36. The first-order valence-corrected chi connectivity index (χ1v) is 21.8. The fraction of sp³-hybridized carbons (Fsp3) is 0. The van der Waals surface area contributed by atoms with Gasteiger partial charge in [0.1, 0.15) is 22.3 Å². The van der Waals surface area contributed by atoms with Gasteiger partial charge >= 0.3 is 0 Å². The van der Waals surface area contributed by atoms with Crippen LogP contribution in [0.4, 0.5) is 0 Å². The molecule has 0 aliphatic rings. The molecule has 298 valence electrons. The summed E-state index contributed by atoms with van der Waals surface area (Å²) in [7, 11) is 0. The minimum absolute atomic E-state index is 0.870. The number of aromatic nitrogens is 2. The summed E-state index contributed by atoms with van der Waals surface area (Å²) in [5.41, 5.74) is 17.4. The van der Waals surface area contributed by atoms with Crippen LogP contribution in [-0.2, 0) is 0 Å². The molecule has 0 aliphatic heterocycles. The van der Waals surface area contributed by atoms with Crippen molar-refractivity contribution in [3.63, 3.8) is 0 Å². The summed E-state index contributed by atoms with van der Waals surface area (Å²) in [4.78, 5) is 0. The summed E-state index contributed by atoms with van der Waals surface area (Å²) in [6.45, 7) is 0. The molecule has 4 heteroatoms. The van der Waals surface area contributed by atoms with Crippen LogP contribution >= 0.6 is 0 Å². The zero-order chi connectivity index (χ0) is 41.9. The highest BCUT2D eigenvalue weighted by Gasteiger charge is 2.24. The molecule has 0 N–H and O–H groups in total. The molecule has 0 aliphatic carbocycles. The van der Waals surface area contributed by atoms with Crippen molar-refractivity contribution in [3.8, 4) is 44.8 Å². The number of furan rings is 2. The van der Waals surface area contributed by atoms with Crippen LogP contribution in [0.1, 0.15) is 0 Å². The highest BCUT2D eigenvalue weighted by molar-refractivity contribution is 6.31. The van der Waals surface area contributed by atoms with E-state index in [1.54, 1.807) is 0 Å². The van der Waals surface area contributed by atoms with E-state index in [-0.39, 0.29) is 0 Å². The molecule has 14 rings (SSSR count). The lowest BCUT2D eigenvalue weighted by Crippen LogP contribution is -1.95. The predicted octanol–water partition coefficient (Wildman–Crippen LogP) is 16.7. The molecule has 0 fully saturated rings. The van der Waals surface area contributed by atoms with Crippen molar-refractivity contribution >= 4 is 87.5 Å². The highest BCUT2D eigenvalue weighted by atomic mass is 16.3. The quantitative estimate of drug-likeness (QED) is 0.173. The summed E-state index contributed by atoms with van der Waals surface area (Å²) >= 11 is 0. The molecule has 10 aromatic carbocycles. The molecule has 0 amide bonds. The van der Waals surface area contributed by atoms with Crippen LogP contribution in [0.15, 0.2) is 227 Å². The van der Waals surface area contributed by atoms with Crippen LogP contribution in [0.25, 0.3) is 132 Å². The molecule has 4 nitrogen and oxygen atoms in total. The summed E-state index contributed by atoms with van der Waals surface area (Å²) < 4.78 is 17.7. The van der Waals surface area contributed by atoms with Gasteiger partial charge in [-0.1, -0.05) is 133 Å². The molecule has 0 radical (unpaired) electrons. The monoisotopic (exact) mass is 816 g/mol. The molecule has 0 bridgehead atoms. The molecule has 64 heavy (non-hydrogen) atoms. The smallest absolute Gasteiger partial charge is 0.137 e. The Labute approximate surface area is 367 Å². The molecule has 0 saturated heterocycles. The van der Waals surface area contributed by atoms with E-state index in [0.29, 0.717) is 0 Å². The second-order valence-electron chi connectivity index (χ2n) is 16.8. The first-order chi connectivity index (χ1) is 31.7. The lowest BCUT2D eigenvalue weighted by molar-refractivity contribution is 0.668. The lowest BCUT2D eigenvalue weighted by Gasteiger charge is -2.11. The van der Waals surface area contributed by atoms with Crippen LogP contribution in [0.2, 0.25) is 0 Å². The molecule has 0 unspecified atom stereocenters. The maximum Gasteiger partial charge on any atom is 0.137 e. The van der Waals surface area contributed by atoms with Crippen molar-refractivity contribution < 1.29 is 8.83 Å². The van der Waals surface area contributed by atoms with Gasteiger partial charge in [0.05, 0.1) is 22.1 Å². The van der Waals surface area contributed by atoms with Gasteiger partial charge in [-0.25, -0.2) is 0 Å². The molecule has 14 aromatic rings. The van der Waals surface area contributed by atoms with E-state index >= 15 is 0 Å². The number of rotatable bonds is 5. The SMILES string of the molecule is c1ccc(-c2cccc(-c3ccc(-n4c5ccccc5c5c6c7c(-c8ccc9oc%10ccccc%10c9c8)cccc7n(-c7ccc8c(c7)oc7ccccc78)c6ccc54)cc3)c2)cc1. The van der Waals surface area contributed by atoms with Crippen molar-refractivity contribution in [3.05, 3.63) is 218 Å². The average Bonchev–Trinajstić information content (AvgIpc) is 4.11. The third-order valence-electron chi connectivity index (χ3n) is 13.3. The average molecular weight is 817 g/mol. The Balaban J connectivity index is 1.03. The van der Waals surface area contributed by atoms with Gasteiger partial charge in [-0.05, 0) is 112 Å². The van der Waals surface area contributed by atoms with Crippen LogP contribution < -0.4 is 0 Å². The van der Waals surface area contributed by atoms with Gasteiger partial charge in [0.2, 0.25) is 0 Å². The number of hydrogen-bond donors (Lipinski definition) is 0. The number of para-hydroxylation sites is 3. The zero-order valence-electron chi connectivity index (χ0n) is 34.5. The van der Waals surface area contributed by atoms with Crippen LogP contribution in [0.5, 0.6) is 0 Å². The summed E-state index contributed by atoms with van der Waals surface area (Å²) in [6.07, 6.45) is 0. The molecule has 4 aromatic heterocycles. The molecular weight excluding hydrogens is 781 g/mol. The van der Waals surface area contributed by atoms with Gasteiger partial charge < -0.3 is 18.0 Å². The first-order valence-electron chi connectivity index (χ1n) is 21.8. The van der Waals surface area contributed by atoms with Crippen molar-refractivity contribution in [2.45, 2.75) is 0 Å². The molecule has 0 atom stereocenters. The van der Waals surface area contributed by atoms with Crippen LogP contribution in [-0.4, -0.2) is 9.13 Å². The second-order valence-corrected chi connectivity index (χ2v) is 16.8. The largest absolute Gasteiger partial charge is 0.456 e. The molecule has 0 spiro atoms. The van der Waals surface area contributed by atoms with Crippen molar-refractivity contribution in [2.24, 2.45) is 0 Å². The fourth-order valence-electron chi connectivity index (χ4n) is 10.5. The van der Waals surface area contributed by atoms with Crippen LogP contribution in [0, 0.1) is 0 Å². The number of fused-ring (bicyclic) bond motifs is 13. The van der Waals surface area contributed by atoms with E-state index in [1.165, 1.54) is 49.4 Å². The summed E-state index contributed by atoms with van der Waals surface area (Å²) in [5.74, 6) is 0. The third-order valence-corrected chi connectivity index (χ3v) is 13.3. The van der Waals surface area contributed by atoms with Gasteiger partial charge in [-0.15, -0.1) is 0 Å². The number of nitrogens with zero attached hydrogens (tertiary/aromatic N) is 2. The Morgan fingerprint density at radius 1 is 0.250 bits per heavy atom. The lowest BCUT2D eigenvalue weighted by atomic mass is 9.96. The van der Waals surface area contributed by atoms with Gasteiger partial charge in [0.15, 0.2) is 0 Å². The number of hydrogen-bond acceptors (Lipinski definition) is 2. The molecular formula is C60H36N2O2. The Bertz CT molecular complexity index is 4180. The van der Waals surface area contributed by atoms with Gasteiger partial charge in [0, 0.05) is 60.5 Å². The Morgan fingerprint density at radius 2 is 0.781 bits per heavy atom. The van der Waals surface area contributed by atoms with Gasteiger partial charge in [-0.2, -0.15) is 0 Å². The standard InChI is InChI=1S/C60H36N2O2/c1-2-12-37(13-3-1)39-14-10-15-40(34-39)38-24-27-42(28-25-38)61-50-20-7-4-18-48(50)59-52(61)31-32-53-60(59)58-44(41-26-33-56-49(35-41)46-17-6-9-23-55(46)63-56)19-11-21-51(58)62(53)43-29-30-47-45-16-5-8-22-54(45)64-57(47)36-43/h1-36H. The second kappa shape index (κ2) is 13.4. The van der Waals surface area contributed by atoms with E-state index in [4.69, 9.17) is 8.83 Å². The number of benzene rings is 10. The highest BCUT2D eigenvalue weighted by Crippen LogP contribution is 2.46. The predicted molar refractivity (Wildman–Crippen MR) is 266 cm³/mol. The van der Waals surface area contributed by atoms with E-state index < -0.39 is 0 Å². The Hall–Kier alpha value is -8.60. The Morgan fingerprint density at radius 3 is 1.58 bits per heavy atom. The topological polar surface area (TPSA) is 36.1 Å². The van der Waals surface area contributed by atoms with E-state index in [0.717, 1.165) is 82.9 Å². The van der Waals surface area contributed by atoms with E-state index in [9.17, 15) is 0 Å². The normalized spacial score (nSPS) is 12.1. The summed E-state index contributed by atoms with van der Waals surface area (Å²) in [6, 6.07) is 78.6. The van der Waals surface area contributed by atoms with Gasteiger partial charge in [-0.3, -0.25) is 0 Å². The molecule has 4 heterocycles. The first kappa shape index (κ1) is 35.0. The minimum Gasteiger partial charge on any atom is -0.456 e. The minimum atomic E-state index is 0.870. The van der Waals surface area contributed by atoms with Crippen LogP contribution in [0.3, 0.4) is 0 Å². The van der Waals surface area contributed by atoms with Crippen molar-refractivity contribution in [1.29, 1.82) is 0 Å².